The summed E-state index contributed by atoms with van der Waals surface area (Å²) in [5.74, 6) is 1.57. The fourth-order valence-corrected chi connectivity index (χ4v) is 2.29. The maximum Gasteiger partial charge on any atom is 0.137 e. The Labute approximate surface area is 124 Å². The number of fused-ring (bicyclic) bond motifs is 1. The van der Waals surface area contributed by atoms with Crippen molar-refractivity contribution in [2.24, 2.45) is 5.92 Å². The highest BCUT2D eigenvalue weighted by Gasteiger charge is 2.07. The van der Waals surface area contributed by atoms with Gasteiger partial charge in [-0.1, -0.05) is 26.3 Å². The van der Waals surface area contributed by atoms with Crippen LogP contribution in [0.5, 0.6) is 0 Å². The molecule has 0 aliphatic carbocycles. The SMILES string of the molecule is CC[C@@H](C)CNc1cccc(-c2ccnc3[nH]ccc23)n1. The molecule has 3 aromatic heterocycles. The molecule has 4 nitrogen and oxygen atoms in total. The number of pyridine rings is 2. The average molecular weight is 280 g/mol. The Morgan fingerprint density at radius 1 is 1.24 bits per heavy atom. The first-order chi connectivity index (χ1) is 10.3. The Bertz CT molecular complexity index is 732. The molecule has 2 N–H and O–H groups in total. The van der Waals surface area contributed by atoms with E-state index in [4.69, 9.17) is 4.98 Å². The molecule has 0 aromatic carbocycles. The zero-order valence-electron chi connectivity index (χ0n) is 12.4. The minimum absolute atomic E-state index is 0.646. The average Bonchev–Trinajstić information content (AvgIpc) is 3.01. The van der Waals surface area contributed by atoms with E-state index in [0.717, 1.165) is 34.7 Å². The van der Waals surface area contributed by atoms with Gasteiger partial charge in [-0.15, -0.1) is 0 Å². The Hall–Kier alpha value is -2.36. The first-order valence-corrected chi connectivity index (χ1v) is 7.41. The van der Waals surface area contributed by atoms with Crippen LogP contribution in [0.3, 0.4) is 0 Å². The highest BCUT2D eigenvalue weighted by Crippen LogP contribution is 2.26. The standard InChI is InChI=1S/C17H20N4/c1-3-12(2)11-20-16-6-4-5-15(21-16)13-7-9-18-17-14(13)8-10-19-17/h4-10,12H,3,11H2,1-2H3,(H,18,19)(H,20,21)/t12-/m1/s1. The molecular weight excluding hydrogens is 260 g/mol. The van der Waals surface area contributed by atoms with Crippen LogP contribution >= 0.6 is 0 Å². The Morgan fingerprint density at radius 3 is 3.00 bits per heavy atom. The van der Waals surface area contributed by atoms with E-state index >= 15 is 0 Å². The molecule has 3 heterocycles. The van der Waals surface area contributed by atoms with Gasteiger partial charge in [-0.3, -0.25) is 0 Å². The number of anilines is 1. The zero-order chi connectivity index (χ0) is 14.7. The van der Waals surface area contributed by atoms with Crippen LogP contribution in [-0.4, -0.2) is 21.5 Å². The van der Waals surface area contributed by atoms with Gasteiger partial charge in [0.25, 0.3) is 0 Å². The van der Waals surface area contributed by atoms with Gasteiger partial charge >= 0.3 is 0 Å². The molecule has 0 bridgehead atoms. The summed E-state index contributed by atoms with van der Waals surface area (Å²) < 4.78 is 0. The maximum atomic E-state index is 4.73. The molecular formula is C17H20N4. The van der Waals surface area contributed by atoms with Gasteiger partial charge < -0.3 is 10.3 Å². The van der Waals surface area contributed by atoms with E-state index in [-0.39, 0.29) is 0 Å². The number of nitrogens with one attached hydrogen (secondary N) is 2. The fourth-order valence-electron chi connectivity index (χ4n) is 2.29. The normalized spacial score (nSPS) is 12.5. The lowest BCUT2D eigenvalue weighted by Crippen LogP contribution is -2.11. The molecule has 108 valence electrons. The quantitative estimate of drug-likeness (QED) is 0.740. The third kappa shape index (κ3) is 2.89. The number of hydrogen-bond acceptors (Lipinski definition) is 3. The topological polar surface area (TPSA) is 53.6 Å². The van der Waals surface area contributed by atoms with Gasteiger partial charge in [0.15, 0.2) is 0 Å². The van der Waals surface area contributed by atoms with Crippen molar-refractivity contribution in [1.82, 2.24) is 15.0 Å². The molecule has 0 saturated heterocycles. The Morgan fingerprint density at radius 2 is 2.14 bits per heavy atom. The summed E-state index contributed by atoms with van der Waals surface area (Å²) in [6, 6.07) is 10.1. The second kappa shape index (κ2) is 5.95. The predicted molar refractivity (Wildman–Crippen MR) is 87.3 cm³/mol. The van der Waals surface area contributed by atoms with Gasteiger partial charge in [-0.05, 0) is 30.2 Å². The van der Waals surface area contributed by atoms with Gasteiger partial charge in [-0.25, -0.2) is 9.97 Å². The van der Waals surface area contributed by atoms with Gasteiger partial charge in [-0.2, -0.15) is 0 Å². The summed E-state index contributed by atoms with van der Waals surface area (Å²) in [6.45, 7) is 5.39. The number of aromatic nitrogens is 3. The van der Waals surface area contributed by atoms with Crippen molar-refractivity contribution < 1.29 is 0 Å². The zero-order valence-corrected chi connectivity index (χ0v) is 12.4. The number of H-pyrrole nitrogens is 1. The van der Waals surface area contributed by atoms with E-state index in [1.54, 1.807) is 0 Å². The summed E-state index contributed by atoms with van der Waals surface area (Å²) in [5, 5.41) is 4.51. The summed E-state index contributed by atoms with van der Waals surface area (Å²) >= 11 is 0. The van der Waals surface area contributed by atoms with Crippen molar-refractivity contribution in [2.45, 2.75) is 20.3 Å². The van der Waals surface area contributed by atoms with Crippen molar-refractivity contribution in [1.29, 1.82) is 0 Å². The summed E-state index contributed by atoms with van der Waals surface area (Å²) in [5.41, 5.74) is 2.97. The van der Waals surface area contributed by atoms with Crippen LogP contribution in [0, 0.1) is 5.92 Å². The molecule has 3 aromatic rings. The molecule has 0 radical (unpaired) electrons. The number of aromatic amines is 1. The van der Waals surface area contributed by atoms with E-state index in [2.05, 4.69) is 29.1 Å². The van der Waals surface area contributed by atoms with E-state index in [1.807, 2.05) is 42.7 Å². The minimum Gasteiger partial charge on any atom is -0.370 e. The number of hydrogen-bond donors (Lipinski definition) is 2. The van der Waals surface area contributed by atoms with E-state index < -0.39 is 0 Å². The molecule has 4 heteroatoms. The lowest BCUT2D eigenvalue weighted by molar-refractivity contribution is 0.592. The Kier molecular flexibility index (Phi) is 3.86. The summed E-state index contributed by atoms with van der Waals surface area (Å²) in [4.78, 5) is 12.2. The molecule has 3 rings (SSSR count). The predicted octanol–water partition coefficient (Wildman–Crippen LogP) is 4.08. The third-order valence-corrected chi connectivity index (χ3v) is 3.81. The van der Waals surface area contributed by atoms with Gasteiger partial charge in [0.2, 0.25) is 0 Å². The van der Waals surface area contributed by atoms with Crippen LogP contribution in [0.25, 0.3) is 22.3 Å². The number of nitrogens with zero attached hydrogens (tertiary/aromatic N) is 2. The van der Waals surface area contributed by atoms with Crippen LogP contribution in [-0.2, 0) is 0 Å². The molecule has 0 unspecified atom stereocenters. The van der Waals surface area contributed by atoms with Gasteiger partial charge in [0.05, 0.1) is 5.69 Å². The van der Waals surface area contributed by atoms with Crippen LogP contribution in [0.1, 0.15) is 20.3 Å². The van der Waals surface area contributed by atoms with Crippen LogP contribution in [0.2, 0.25) is 0 Å². The van der Waals surface area contributed by atoms with Crippen molar-refractivity contribution in [3.63, 3.8) is 0 Å². The monoisotopic (exact) mass is 280 g/mol. The first-order valence-electron chi connectivity index (χ1n) is 7.41. The maximum absolute atomic E-state index is 4.73. The summed E-state index contributed by atoms with van der Waals surface area (Å²) in [6.07, 6.45) is 4.89. The van der Waals surface area contributed by atoms with Crippen molar-refractivity contribution >= 4 is 16.9 Å². The molecule has 0 aliphatic rings. The molecule has 0 fully saturated rings. The van der Waals surface area contributed by atoms with Gasteiger partial charge in [0.1, 0.15) is 11.5 Å². The lowest BCUT2D eigenvalue weighted by Gasteiger charge is -2.11. The first kappa shape index (κ1) is 13.6. The minimum atomic E-state index is 0.646. The van der Waals surface area contributed by atoms with Crippen LogP contribution in [0.4, 0.5) is 5.82 Å². The lowest BCUT2D eigenvalue weighted by atomic mass is 10.1. The van der Waals surface area contributed by atoms with Crippen LogP contribution < -0.4 is 5.32 Å². The van der Waals surface area contributed by atoms with Crippen molar-refractivity contribution in [3.8, 4) is 11.3 Å². The molecule has 1 atom stereocenters. The molecule has 0 spiro atoms. The van der Waals surface area contributed by atoms with Crippen LogP contribution in [0.15, 0.2) is 42.7 Å². The fraction of sp³-hybridized carbons (Fsp3) is 0.294. The van der Waals surface area contributed by atoms with Crippen molar-refractivity contribution in [2.75, 3.05) is 11.9 Å². The molecule has 0 amide bonds. The molecule has 0 aliphatic heterocycles. The highest BCUT2D eigenvalue weighted by molar-refractivity contribution is 5.91. The molecule has 0 saturated carbocycles. The van der Waals surface area contributed by atoms with Crippen molar-refractivity contribution in [3.05, 3.63) is 42.7 Å². The summed E-state index contributed by atoms with van der Waals surface area (Å²) in [7, 11) is 0. The number of rotatable bonds is 5. The second-order valence-corrected chi connectivity index (χ2v) is 5.40. The second-order valence-electron chi connectivity index (χ2n) is 5.40. The van der Waals surface area contributed by atoms with Gasteiger partial charge in [0, 0.05) is 29.9 Å². The van der Waals surface area contributed by atoms with E-state index in [9.17, 15) is 0 Å². The molecule has 21 heavy (non-hydrogen) atoms. The highest BCUT2D eigenvalue weighted by atomic mass is 15.0. The third-order valence-electron chi connectivity index (χ3n) is 3.81. The largest absolute Gasteiger partial charge is 0.370 e. The smallest absolute Gasteiger partial charge is 0.137 e. The van der Waals surface area contributed by atoms with E-state index in [0.29, 0.717) is 5.92 Å². The van der Waals surface area contributed by atoms with E-state index in [1.165, 1.54) is 6.42 Å². The Balaban J connectivity index is 1.91.